The van der Waals surface area contributed by atoms with Crippen LogP contribution in [0.4, 0.5) is 0 Å². The van der Waals surface area contributed by atoms with Crippen LogP contribution in [0.25, 0.3) is 0 Å². The van der Waals surface area contributed by atoms with E-state index in [-0.39, 0.29) is 12.5 Å². The summed E-state index contributed by atoms with van der Waals surface area (Å²) in [6.45, 7) is 3.76. The molecular formula is C42H81NO8. The highest BCUT2D eigenvalue weighted by Gasteiger charge is 2.44. The second kappa shape index (κ2) is 33.5. The molecule has 9 nitrogen and oxygen atoms in total. The minimum absolute atomic E-state index is 0.178. The third kappa shape index (κ3) is 24.8. The van der Waals surface area contributed by atoms with Crippen molar-refractivity contribution in [1.82, 2.24) is 5.32 Å². The number of ether oxygens (including phenoxy) is 2. The van der Waals surface area contributed by atoms with Gasteiger partial charge in [-0.15, -0.1) is 0 Å². The number of aliphatic hydroxyl groups excluding tert-OH is 5. The van der Waals surface area contributed by atoms with Crippen molar-refractivity contribution in [2.24, 2.45) is 0 Å². The topological polar surface area (TPSA) is 149 Å². The van der Waals surface area contributed by atoms with Gasteiger partial charge in [-0.25, -0.2) is 0 Å². The molecule has 9 heteroatoms. The van der Waals surface area contributed by atoms with E-state index in [1.807, 2.05) is 6.08 Å². The van der Waals surface area contributed by atoms with Crippen molar-refractivity contribution < 1.29 is 39.8 Å². The fourth-order valence-corrected chi connectivity index (χ4v) is 6.86. The van der Waals surface area contributed by atoms with Gasteiger partial charge in [0.1, 0.15) is 24.4 Å². The average molecular weight is 728 g/mol. The van der Waals surface area contributed by atoms with Gasteiger partial charge in [0.2, 0.25) is 5.91 Å². The van der Waals surface area contributed by atoms with Crippen LogP contribution >= 0.6 is 0 Å². The van der Waals surface area contributed by atoms with Crippen LogP contribution in [0.1, 0.15) is 194 Å². The van der Waals surface area contributed by atoms with Gasteiger partial charge in [-0.3, -0.25) is 4.79 Å². The van der Waals surface area contributed by atoms with Crippen LogP contribution in [0.2, 0.25) is 0 Å². The summed E-state index contributed by atoms with van der Waals surface area (Å²) in [6.07, 6.45) is 29.6. The Morgan fingerprint density at radius 2 is 1.08 bits per heavy atom. The first-order valence-corrected chi connectivity index (χ1v) is 21.4. The van der Waals surface area contributed by atoms with Gasteiger partial charge < -0.3 is 40.3 Å². The molecule has 2 unspecified atom stereocenters. The molecule has 1 fully saturated rings. The van der Waals surface area contributed by atoms with Crippen molar-refractivity contribution in [2.75, 3.05) is 13.2 Å². The van der Waals surface area contributed by atoms with E-state index in [1.165, 1.54) is 135 Å². The lowest BCUT2D eigenvalue weighted by atomic mass is 9.99. The monoisotopic (exact) mass is 728 g/mol. The number of amides is 1. The Morgan fingerprint density at radius 3 is 1.53 bits per heavy atom. The van der Waals surface area contributed by atoms with Gasteiger partial charge in [0.15, 0.2) is 6.29 Å². The number of hydrogen-bond acceptors (Lipinski definition) is 8. The molecular weight excluding hydrogens is 646 g/mol. The van der Waals surface area contributed by atoms with Crippen molar-refractivity contribution in [1.29, 1.82) is 0 Å². The molecule has 302 valence electrons. The molecule has 0 aromatic carbocycles. The van der Waals surface area contributed by atoms with Crippen LogP contribution in [0.5, 0.6) is 0 Å². The Balaban J connectivity index is 2.39. The second-order valence-corrected chi connectivity index (χ2v) is 15.1. The Hall–Kier alpha value is -1.07. The Morgan fingerprint density at radius 1 is 0.647 bits per heavy atom. The molecule has 1 heterocycles. The molecule has 1 rings (SSSR count). The van der Waals surface area contributed by atoms with E-state index >= 15 is 0 Å². The summed E-state index contributed by atoms with van der Waals surface area (Å²) in [6, 6.07) is -0.796. The number of aliphatic hydroxyl groups is 5. The molecule has 0 aliphatic carbocycles. The lowest BCUT2D eigenvalue weighted by Gasteiger charge is -2.40. The standard InChI is InChI=1S/C42H81NO8/c1-3-5-7-9-11-13-15-16-17-18-19-20-22-23-25-27-29-31-36(45)35(34-50-42-41(49)40(48)39(47)37(33-44)51-42)43-38(46)32-30-28-26-24-21-14-12-10-8-6-4-2/h29,31,35-37,39-42,44-45,47-49H,3-28,30,32-34H2,1-2H3,(H,43,46)/b31-29+/t35-,36+,37+,39+,40?,41?,42+/m0/s1. The van der Waals surface area contributed by atoms with Crippen molar-refractivity contribution in [3.05, 3.63) is 12.2 Å². The normalized spacial score (nSPS) is 22.1. The predicted molar refractivity (Wildman–Crippen MR) is 207 cm³/mol. The van der Waals surface area contributed by atoms with Crippen LogP contribution in [-0.2, 0) is 14.3 Å². The van der Waals surface area contributed by atoms with E-state index in [4.69, 9.17) is 9.47 Å². The lowest BCUT2D eigenvalue weighted by molar-refractivity contribution is -0.302. The molecule has 0 radical (unpaired) electrons. The van der Waals surface area contributed by atoms with Crippen molar-refractivity contribution in [3.8, 4) is 0 Å². The SMILES string of the molecule is CCCCCCCCCCCCCCCCC/C=C/[C@@H](O)[C@H](CO[C@@H]1O[C@H](CO)[C@@H](O)C(O)C1O)NC(=O)CCCCCCCCCCCCC. The van der Waals surface area contributed by atoms with Crippen LogP contribution in [0.3, 0.4) is 0 Å². The summed E-state index contributed by atoms with van der Waals surface area (Å²) in [5.74, 6) is -0.178. The summed E-state index contributed by atoms with van der Waals surface area (Å²) in [7, 11) is 0. The van der Waals surface area contributed by atoms with E-state index < -0.39 is 49.5 Å². The van der Waals surface area contributed by atoms with Crippen LogP contribution in [-0.4, -0.2) is 87.5 Å². The van der Waals surface area contributed by atoms with E-state index in [9.17, 15) is 30.3 Å². The van der Waals surface area contributed by atoms with Gasteiger partial charge in [-0.1, -0.05) is 180 Å². The summed E-state index contributed by atoms with van der Waals surface area (Å²) in [5, 5.41) is 54.0. The zero-order valence-electron chi connectivity index (χ0n) is 32.9. The van der Waals surface area contributed by atoms with Crippen molar-refractivity contribution >= 4 is 5.91 Å². The molecule has 1 aliphatic rings. The van der Waals surface area contributed by atoms with Crippen LogP contribution in [0, 0.1) is 0 Å². The molecule has 0 aromatic rings. The van der Waals surface area contributed by atoms with E-state index in [1.54, 1.807) is 6.08 Å². The zero-order chi connectivity index (χ0) is 37.4. The molecule has 1 aliphatic heterocycles. The number of nitrogens with one attached hydrogen (secondary N) is 1. The maximum absolute atomic E-state index is 12.9. The van der Waals surface area contributed by atoms with E-state index in [2.05, 4.69) is 19.2 Å². The molecule has 7 atom stereocenters. The summed E-state index contributed by atoms with van der Waals surface area (Å²) in [5.41, 5.74) is 0. The highest BCUT2D eigenvalue weighted by molar-refractivity contribution is 5.76. The number of unbranched alkanes of at least 4 members (excludes halogenated alkanes) is 25. The molecule has 1 saturated heterocycles. The van der Waals surface area contributed by atoms with Gasteiger partial charge in [-0.2, -0.15) is 0 Å². The number of rotatable bonds is 35. The highest BCUT2D eigenvalue weighted by atomic mass is 16.7. The van der Waals surface area contributed by atoms with Crippen LogP contribution < -0.4 is 5.32 Å². The fourth-order valence-electron chi connectivity index (χ4n) is 6.86. The summed E-state index contributed by atoms with van der Waals surface area (Å²) >= 11 is 0. The van der Waals surface area contributed by atoms with Crippen LogP contribution in [0.15, 0.2) is 12.2 Å². The fraction of sp³-hybridized carbons (Fsp3) is 0.929. The number of carbonyl (C=O) groups is 1. The minimum atomic E-state index is -1.56. The van der Waals surface area contributed by atoms with Crippen molar-refractivity contribution in [3.63, 3.8) is 0 Å². The molecule has 6 N–H and O–H groups in total. The smallest absolute Gasteiger partial charge is 0.220 e. The third-order valence-electron chi connectivity index (χ3n) is 10.4. The summed E-state index contributed by atoms with van der Waals surface area (Å²) < 4.78 is 11.2. The highest BCUT2D eigenvalue weighted by Crippen LogP contribution is 2.22. The van der Waals surface area contributed by atoms with Gasteiger partial charge >= 0.3 is 0 Å². The van der Waals surface area contributed by atoms with E-state index in [0.29, 0.717) is 6.42 Å². The lowest BCUT2D eigenvalue weighted by Crippen LogP contribution is -2.60. The Labute approximate surface area is 312 Å². The van der Waals surface area contributed by atoms with Crippen molar-refractivity contribution in [2.45, 2.75) is 236 Å². The van der Waals surface area contributed by atoms with Gasteiger partial charge in [-0.05, 0) is 19.3 Å². The quantitative estimate of drug-likeness (QED) is 0.0283. The number of allylic oxidation sites excluding steroid dienone is 1. The second-order valence-electron chi connectivity index (χ2n) is 15.1. The third-order valence-corrected chi connectivity index (χ3v) is 10.4. The summed E-state index contributed by atoms with van der Waals surface area (Å²) in [4.78, 5) is 12.9. The largest absolute Gasteiger partial charge is 0.394 e. The Kier molecular flexibility index (Phi) is 31.5. The maximum Gasteiger partial charge on any atom is 0.220 e. The molecule has 0 spiro atoms. The first-order valence-electron chi connectivity index (χ1n) is 21.4. The molecule has 0 saturated carbocycles. The molecule has 51 heavy (non-hydrogen) atoms. The Bertz CT molecular complexity index is 812. The number of hydrogen-bond donors (Lipinski definition) is 6. The molecule has 0 aromatic heterocycles. The molecule has 0 bridgehead atoms. The molecule has 1 amide bonds. The maximum atomic E-state index is 12.9. The average Bonchev–Trinajstić information content (AvgIpc) is 3.13. The first-order chi connectivity index (χ1) is 24.8. The zero-order valence-corrected chi connectivity index (χ0v) is 32.9. The van der Waals surface area contributed by atoms with Gasteiger partial charge in [0.25, 0.3) is 0 Å². The predicted octanol–water partition coefficient (Wildman–Crippen LogP) is 8.17. The van der Waals surface area contributed by atoms with Gasteiger partial charge in [0.05, 0.1) is 25.4 Å². The first kappa shape index (κ1) is 48.0. The van der Waals surface area contributed by atoms with Gasteiger partial charge in [0, 0.05) is 6.42 Å². The minimum Gasteiger partial charge on any atom is -0.394 e. The number of carbonyl (C=O) groups excluding carboxylic acids is 1. The van der Waals surface area contributed by atoms with E-state index in [0.717, 1.165) is 38.5 Å².